The molecule has 1 heterocycles. The van der Waals surface area contributed by atoms with Crippen LogP contribution in [0.25, 0.3) is 0 Å². The Morgan fingerprint density at radius 2 is 1.58 bits per heavy atom. The Morgan fingerprint density at radius 1 is 0.921 bits per heavy atom. The summed E-state index contributed by atoms with van der Waals surface area (Å²) in [6.45, 7) is 3.64. The molecule has 1 saturated heterocycles. The maximum Gasteiger partial charge on any atom is 0.415 e. The number of carbonyl (C=O) groups excluding carboxylic acids is 2. The lowest BCUT2D eigenvalue weighted by atomic mass is 9.84. The van der Waals surface area contributed by atoms with Gasteiger partial charge in [-0.05, 0) is 74.4 Å². The molecule has 0 aliphatic carbocycles. The molecule has 0 radical (unpaired) electrons. The van der Waals surface area contributed by atoms with E-state index in [1.807, 2.05) is 48.7 Å². The van der Waals surface area contributed by atoms with E-state index >= 15 is 0 Å². The summed E-state index contributed by atoms with van der Waals surface area (Å²) >= 11 is 1.61. The summed E-state index contributed by atoms with van der Waals surface area (Å²) in [7, 11) is 0. The lowest BCUT2D eigenvalue weighted by molar-refractivity contribution is -0.152. The first-order chi connectivity index (χ1) is 18.2. The fourth-order valence-corrected chi connectivity index (χ4v) is 4.89. The van der Waals surface area contributed by atoms with Crippen LogP contribution in [-0.2, 0) is 11.2 Å². The number of Topliss-reactive ketones (excluding diaryl/α,β-unsaturated/α-hetero) is 1. The lowest BCUT2D eigenvalue weighted by Crippen LogP contribution is -2.37. The van der Waals surface area contributed by atoms with Gasteiger partial charge in [0.25, 0.3) is 0 Å². The topological polar surface area (TPSA) is 93.1 Å². The molecule has 0 saturated carbocycles. The molecule has 0 spiro atoms. The molecular formula is C30H31NO6S. The summed E-state index contributed by atoms with van der Waals surface area (Å²) in [6, 6.07) is 23.6. The van der Waals surface area contributed by atoms with Gasteiger partial charge in [0, 0.05) is 29.5 Å². The first kappa shape index (κ1) is 27.3. The summed E-state index contributed by atoms with van der Waals surface area (Å²) in [4.78, 5) is 40.6. The summed E-state index contributed by atoms with van der Waals surface area (Å²) in [6.07, 6.45) is 2.07. The molecule has 1 amide bonds. The Hall–Kier alpha value is -3.78. The van der Waals surface area contributed by atoms with Gasteiger partial charge < -0.3 is 19.5 Å². The van der Waals surface area contributed by atoms with E-state index in [9.17, 15) is 19.5 Å². The fraction of sp³-hybridized carbons (Fsp3) is 0.300. The number of likely N-dealkylation sites (tertiary alicyclic amines) is 1. The summed E-state index contributed by atoms with van der Waals surface area (Å²) in [5.74, 6) is -0.658. The third-order valence-electron chi connectivity index (χ3n) is 6.67. The van der Waals surface area contributed by atoms with Crippen molar-refractivity contribution in [3.8, 4) is 11.5 Å². The standard InChI is InChI=1S/C30H31NO6S/c1-30(2,28(33)34)37-24-13-9-20(10-14-24)17-22-18-31(29(35)36-23-7-5-4-6-8-23)19-26(22)27(32)21-11-15-25(38-3)16-12-21/h4-16,22,26H,17-19H2,1-3H3,(H,33,34). The summed E-state index contributed by atoms with van der Waals surface area (Å²) < 4.78 is 11.2. The molecule has 38 heavy (non-hydrogen) atoms. The van der Waals surface area contributed by atoms with Crippen molar-refractivity contribution in [3.63, 3.8) is 0 Å². The Kier molecular flexibility index (Phi) is 8.42. The van der Waals surface area contributed by atoms with Gasteiger partial charge in [-0.3, -0.25) is 4.79 Å². The molecule has 4 rings (SSSR count). The molecule has 1 aliphatic heterocycles. The highest BCUT2D eigenvalue weighted by Crippen LogP contribution is 2.32. The molecule has 1 fully saturated rings. The fourth-order valence-electron chi connectivity index (χ4n) is 4.48. The number of ketones is 1. The van der Waals surface area contributed by atoms with Crippen molar-refractivity contribution < 1.29 is 29.0 Å². The number of aliphatic carboxylic acids is 1. The van der Waals surface area contributed by atoms with Crippen molar-refractivity contribution in [1.82, 2.24) is 4.90 Å². The van der Waals surface area contributed by atoms with Crippen molar-refractivity contribution in [2.75, 3.05) is 19.3 Å². The summed E-state index contributed by atoms with van der Waals surface area (Å²) in [5.41, 5.74) is 0.232. The largest absolute Gasteiger partial charge is 0.478 e. The average Bonchev–Trinajstić information content (AvgIpc) is 3.33. The molecule has 3 aromatic rings. The van der Waals surface area contributed by atoms with Crippen LogP contribution in [0.2, 0.25) is 0 Å². The molecule has 1 N–H and O–H groups in total. The smallest absolute Gasteiger partial charge is 0.415 e. The number of carboxylic acids is 1. The number of hydrogen-bond donors (Lipinski definition) is 1. The second-order valence-corrected chi connectivity index (χ2v) is 10.7. The van der Waals surface area contributed by atoms with Gasteiger partial charge >= 0.3 is 12.1 Å². The zero-order valence-electron chi connectivity index (χ0n) is 21.6. The van der Waals surface area contributed by atoms with E-state index in [0.29, 0.717) is 30.0 Å². The molecule has 8 heteroatoms. The zero-order valence-corrected chi connectivity index (χ0v) is 22.4. The van der Waals surface area contributed by atoms with Crippen LogP contribution in [0.3, 0.4) is 0 Å². The number of carboxylic acid groups (broad SMARTS) is 1. The first-order valence-electron chi connectivity index (χ1n) is 12.4. The van der Waals surface area contributed by atoms with E-state index in [4.69, 9.17) is 9.47 Å². The number of rotatable bonds is 9. The Morgan fingerprint density at radius 3 is 2.18 bits per heavy atom. The van der Waals surface area contributed by atoms with Crippen molar-refractivity contribution in [3.05, 3.63) is 90.0 Å². The van der Waals surface area contributed by atoms with Crippen LogP contribution in [0, 0.1) is 11.8 Å². The monoisotopic (exact) mass is 533 g/mol. The second-order valence-electron chi connectivity index (χ2n) is 9.81. The number of nitrogens with zero attached hydrogens (tertiary/aromatic N) is 1. The van der Waals surface area contributed by atoms with Crippen LogP contribution in [-0.4, -0.2) is 52.8 Å². The van der Waals surface area contributed by atoms with Crippen LogP contribution in [0.15, 0.2) is 83.8 Å². The molecule has 2 unspecified atom stereocenters. The van der Waals surface area contributed by atoms with Crippen molar-refractivity contribution in [1.29, 1.82) is 0 Å². The van der Waals surface area contributed by atoms with E-state index in [0.717, 1.165) is 10.5 Å². The maximum atomic E-state index is 13.6. The number of hydrogen-bond acceptors (Lipinski definition) is 6. The Balaban J connectivity index is 1.52. The van der Waals surface area contributed by atoms with Crippen LogP contribution in [0.5, 0.6) is 11.5 Å². The van der Waals surface area contributed by atoms with E-state index in [1.54, 1.807) is 53.1 Å². The van der Waals surface area contributed by atoms with Crippen LogP contribution in [0.4, 0.5) is 4.79 Å². The number of benzene rings is 3. The minimum atomic E-state index is -1.35. The Bertz CT molecular complexity index is 1270. The van der Waals surface area contributed by atoms with E-state index in [-0.39, 0.29) is 24.2 Å². The van der Waals surface area contributed by atoms with Crippen molar-refractivity contribution in [2.45, 2.75) is 30.8 Å². The zero-order chi connectivity index (χ0) is 27.3. The minimum absolute atomic E-state index is 0.000764. The lowest BCUT2D eigenvalue weighted by Gasteiger charge is -2.22. The van der Waals surface area contributed by atoms with Gasteiger partial charge in [0.1, 0.15) is 11.5 Å². The third kappa shape index (κ3) is 6.55. The number of thioether (sulfide) groups is 1. The van der Waals surface area contributed by atoms with E-state index in [2.05, 4.69) is 0 Å². The number of amides is 1. The van der Waals surface area contributed by atoms with Gasteiger partial charge in [0.15, 0.2) is 11.4 Å². The highest BCUT2D eigenvalue weighted by Gasteiger charge is 2.40. The van der Waals surface area contributed by atoms with Gasteiger partial charge in [-0.15, -0.1) is 11.8 Å². The highest BCUT2D eigenvalue weighted by molar-refractivity contribution is 7.98. The van der Waals surface area contributed by atoms with Gasteiger partial charge in [-0.2, -0.15) is 0 Å². The minimum Gasteiger partial charge on any atom is -0.478 e. The Labute approximate surface area is 226 Å². The molecular weight excluding hydrogens is 502 g/mol. The van der Waals surface area contributed by atoms with Gasteiger partial charge in [0.05, 0.1) is 0 Å². The van der Waals surface area contributed by atoms with Crippen LogP contribution in [0.1, 0.15) is 29.8 Å². The molecule has 3 aromatic carbocycles. The van der Waals surface area contributed by atoms with Gasteiger partial charge in [-0.25, -0.2) is 9.59 Å². The second kappa shape index (κ2) is 11.7. The van der Waals surface area contributed by atoms with Gasteiger partial charge in [-0.1, -0.05) is 42.5 Å². The number of carbonyl (C=O) groups is 3. The molecule has 198 valence electrons. The third-order valence-corrected chi connectivity index (χ3v) is 7.41. The van der Waals surface area contributed by atoms with Crippen molar-refractivity contribution in [2.24, 2.45) is 11.8 Å². The van der Waals surface area contributed by atoms with Gasteiger partial charge in [0.2, 0.25) is 0 Å². The molecule has 1 aliphatic rings. The van der Waals surface area contributed by atoms with E-state index < -0.39 is 17.7 Å². The summed E-state index contributed by atoms with van der Waals surface area (Å²) in [5, 5.41) is 9.31. The maximum absolute atomic E-state index is 13.6. The highest BCUT2D eigenvalue weighted by atomic mass is 32.2. The molecule has 0 aromatic heterocycles. The predicted octanol–water partition coefficient (Wildman–Crippen LogP) is 5.82. The number of para-hydroxylation sites is 1. The first-order valence-corrected chi connectivity index (χ1v) is 13.6. The average molecular weight is 534 g/mol. The predicted molar refractivity (Wildman–Crippen MR) is 146 cm³/mol. The molecule has 2 atom stereocenters. The number of ether oxygens (including phenoxy) is 2. The molecule has 7 nitrogen and oxygen atoms in total. The SMILES string of the molecule is CSc1ccc(C(=O)C2CN(C(=O)Oc3ccccc3)CC2Cc2ccc(OC(C)(C)C(=O)O)cc2)cc1. The normalized spacial score (nSPS) is 17.2. The van der Waals surface area contributed by atoms with Crippen LogP contribution >= 0.6 is 11.8 Å². The van der Waals surface area contributed by atoms with Crippen LogP contribution < -0.4 is 9.47 Å². The molecule has 0 bridgehead atoms. The van der Waals surface area contributed by atoms with E-state index in [1.165, 1.54) is 13.8 Å². The van der Waals surface area contributed by atoms with Crippen molar-refractivity contribution >= 4 is 29.6 Å². The quantitative estimate of drug-likeness (QED) is 0.274.